The Kier molecular flexibility index (Phi) is 10.4. The van der Waals surface area contributed by atoms with Crippen LogP contribution >= 0.6 is 34.8 Å². The number of carbonyl (C=O) groups excluding carboxylic acids is 3. The van der Waals surface area contributed by atoms with Gasteiger partial charge in [0, 0.05) is 0 Å². The van der Waals surface area contributed by atoms with E-state index in [0.29, 0.717) is 0 Å². The number of esters is 3. The number of hydrogen-bond acceptors (Lipinski definition) is 10. The molecule has 5 atom stereocenters. The topological polar surface area (TPSA) is 141 Å². The van der Waals surface area contributed by atoms with Gasteiger partial charge in [0.15, 0.2) is 12.2 Å². The average Bonchev–Trinajstić information content (AvgIpc) is 2.99. The third-order valence-corrected chi connectivity index (χ3v) is 6.52. The van der Waals surface area contributed by atoms with Crippen LogP contribution in [0.1, 0.15) is 31.1 Å². The van der Waals surface area contributed by atoms with Crippen molar-refractivity contribution >= 4 is 58.6 Å². The van der Waals surface area contributed by atoms with Gasteiger partial charge in [-0.15, -0.1) is 0 Å². The Morgan fingerprint density at radius 3 is 1.60 bits per heavy atom. The van der Waals surface area contributed by atoms with Gasteiger partial charge in [-0.3, -0.25) is 5.41 Å². The summed E-state index contributed by atoms with van der Waals surface area (Å²) in [6.45, 7) is -0.544. The molecule has 1 heterocycles. The number of benzene rings is 3. The lowest BCUT2D eigenvalue weighted by atomic mass is 9.98. The summed E-state index contributed by atoms with van der Waals surface area (Å²) in [4.78, 5) is 38.6. The normalized spacial score (nSPS) is 22.0. The third-order valence-electron chi connectivity index (χ3n) is 6.00. The van der Waals surface area contributed by atoms with E-state index in [1.54, 1.807) is 54.6 Å². The first kappa shape index (κ1) is 31.3. The smallest absolute Gasteiger partial charge is 0.338 e. The van der Waals surface area contributed by atoms with Crippen LogP contribution in [-0.4, -0.2) is 70.0 Å². The lowest BCUT2D eigenvalue weighted by Gasteiger charge is -2.43. The first-order valence-electron chi connectivity index (χ1n) is 12.4. The molecule has 13 heteroatoms. The highest BCUT2D eigenvalue weighted by molar-refractivity contribution is 6.76. The quantitative estimate of drug-likeness (QED) is 0.118. The molecule has 1 saturated heterocycles. The monoisotopic (exact) mass is 635 g/mol. The molecule has 3 aromatic rings. The number of hydrogen-bond donors (Lipinski definition) is 2. The highest BCUT2D eigenvalue weighted by atomic mass is 35.6. The summed E-state index contributed by atoms with van der Waals surface area (Å²) in [5, 5.41) is 19.4. The van der Waals surface area contributed by atoms with Gasteiger partial charge in [0.25, 0.3) is 3.79 Å². The van der Waals surface area contributed by atoms with Crippen molar-refractivity contribution in [2.75, 3.05) is 6.61 Å². The van der Waals surface area contributed by atoms with Gasteiger partial charge in [-0.05, 0) is 36.4 Å². The number of rotatable bonds is 8. The summed E-state index contributed by atoms with van der Waals surface area (Å²) < 4.78 is 25.4. The highest BCUT2D eigenvalue weighted by Gasteiger charge is 2.52. The maximum absolute atomic E-state index is 13.0. The zero-order valence-electron chi connectivity index (χ0n) is 21.6. The molecule has 3 aromatic carbocycles. The number of ether oxygens (including phenoxy) is 5. The minimum atomic E-state index is -2.34. The molecule has 220 valence electrons. The number of nitrogens with one attached hydrogen (secondary N) is 1. The zero-order valence-corrected chi connectivity index (χ0v) is 23.9. The Morgan fingerprint density at radius 1 is 0.714 bits per heavy atom. The Bertz CT molecular complexity index is 1390. The summed E-state index contributed by atoms with van der Waals surface area (Å²) in [6, 6.07) is 23.8. The molecule has 0 saturated carbocycles. The average molecular weight is 637 g/mol. The van der Waals surface area contributed by atoms with E-state index in [9.17, 15) is 19.5 Å². The van der Waals surface area contributed by atoms with E-state index in [2.05, 4.69) is 0 Å². The fourth-order valence-corrected chi connectivity index (χ4v) is 4.06. The number of aliphatic hydroxyl groups excluding tert-OH is 1. The van der Waals surface area contributed by atoms with Gasteiger partial charge in [0.05, 0.1) is 16.7 Å². The molecule has 0 unspecified atom stereocenters. The molecule has 0 radical (unpaired) electrons. The molecule has 0 aliphatic carbocycles. The molecule has 2 N–H and O–H groups in total. The molecular weight excluding hydrogens is 613 g/mol. The second kappa shape index (κ2) is 14.0. The summed E-state index contributed by atoms with van der Waals surface area (Å²) in [5.41, 5.74) is 0.503. The maximum atomic E-state index is 13.0. The Morgan fingerprint density at radius 2 is 1.14 bits per heavy atom. The van der Waals surface area contributed by atoms with E-state index in [1.165, 1.54) is 36.4 Å². The van der Waals surface area contributed by atoms with Crippen molar-refractivity contribution < 1.29 is 43.2 Å². The molecule has 0 bridgehead atoms. The molecule has 4 rings (SSSR count). The Balaban J connectivity index is 1.64. The third kappa shape index (κ3) is 7.99. The van der Waals surface area contributed by atoms with Crippen LogP contribution in [0.25, 0.3) is 0 Å². The maximum Gasteiger partial charge on any atom is 0.338 e. The van der Waals surface area contributed by atoms with Gasteiger partial charge in [-0.25, -0.2) is 14.4 Å². The van der Waals surface area contributed by atoms with Crippen molar-refractivity contribution in [3.63, 3.8) is 0 Å². The molecule has 42 heavy (non-hydrogen) atoms. The molecule has 1 fully saturated rings. The highest BCUT2D eigenvalue weighted by Crippen LogP contribution is 2.33. The van der Waals surface area contributed by atoms with Crippen molar-refractivity contribution in [3.8, 4) is 0 Å². The molecule has 0 spiro atoms. The van der Waals surface area contributed by atoms with Crippen LogP contribution in [0, 0.1) is 5.41 Å². The van der Waals surface area contributed by atoms with E-state index >= 15 is 0 Å². The molecular formula is C29H24Cl3NO9. The fourth-order valence-electron chi connectivity index (χ4n) is 3.92. The van der Waals surface area contributed by atoms with Gasteiger partial charge >= 0.3 is 17.9 Å². The predicted molar refractivity (Wildman–Crippen MR) is 152 cm³/mol. The van der Waals surface area contributed by atoms with Crippen molar-refractivity contribution in [2.24, 2.45) is 0 Å². The van der Waals surface area contributed by atoms with Crippen LogP contribution in [0.3, 0.4) is 0 Å². The van der Waals surface area contributed by atoms with E-state index in [-0.39, 0.29) is 16.7 Å². The van der Waals surface area contributed by atoms with E-state index in [0.717, 1.165) is 0 Å². The number of alkyl halides is 3. The van der Waals surface area contributed by atoms with Gasteiger partial charge in [0.2, 0.25) is 12.2 Å². The summed E-state index contributed by atoms with van der Waals surface area (Å²) >= 11 is 17.3. The van der Waals surface area contributed by atoms with Gasteiger partial charge in [0.1, 0.15) is 18.8 Å². The van der Waals surface area contributed by atoms with E-state index in [4.69, 9.17) is 63.9 Å². The standard InChI is InChI=1S/C29H24Cl3NO9/c30-29(31,32)28(33)42-27-23(41-26(37)19-14-8-3-9-15-19)21(34)22(40-25(36)18-12-6-2-7-13-18)20(39-27)16-38-24(35)17-10-4-1-5-11-17/h1-15,20-23,27,33-34H,16H2/t20-,21+,22-,23-,27-/m1/s1. The van der Waals surface area contributed by atoms with Gasteiger partial charge < -0.3 is 28.8 Å². The Hall–Kier alpha value is -3.67. The molecule has 1 aliphatic rings. The zero-order chi connectivity index (χ0) is 30.3. The van der Waals surface area contributed by atoms with Crippen molar-refractivity contribution in [3.05, 3.63) is 108 Å². The van der Waals surface area contributed by atoms with Crippen LogP contribution in [0.2, 0.25) is 0 Å². The lowest BCUT2D eigenvalue weighted by Crippen LogP contribution is -2.62. The van der Waals surface area contributed by atoms with E-state index in [1.807, 2.05) is 0 Å². The second-order valence-corrected chi connectivity index (χ2v) is 11.2. The number of carbonyl (C=O) groups is 3. The minimum absolute atomic E-state index is 0.122. The SMILES string of the molecule is N=C(O[C@H]1O[C@H](COC(=O)c2ccccc2)[C@@H](OC(=O)c2ccccc2)[C@H](O)[C@H]1OC(=O)c1ccccc1)C(Cl)(Cl)Cl. The lowest BCUT2D eigenvalue weighted by molar-refractivity contribution is -0.280. The van der Waals surface area contributed by atoms with Crippen molar-refractivity contribution in [1.82, 2.24) is 0 Å². The van der Waals surface area contributed by atoms with E-state index < -0.39 is 64.9 Å². The summed E-state index contributed by atoms with van der Waals surface area (Å²) in [7, 11) is 0. The Labute approximate surface area is 255 Å². The molecule has 1 aliphatic heterocycles. The first-order chi connectivity index (χ1) is 20.0. The number of halogens is 3. The van der Waals surface area contributed by atoms with Crippen molar-refractivity contribution in [1.29, 1.82) is 5.41 Å². The van der Waals surface area contributed by atoms with Crippen LogP contribution in [0.5, 0.6) is 0 Å². The predicted octanol–water partition coefficient (Wildman–Crippen LogP) is 4.74. The largest absolute Gasteiger partial charge is 0.459 e. The fraction of sp³-hybridized carbons (Fsp3) is 0.241. The molecule has 10 nitrogen and oxygen atoms in total. The summed E-state index contributed by atoms with van der Waals surface area (Å²) in [5.74, 6) is -3.38. The number of aliphatic hydroxyl groups is 1. The van der Waals surface area contributed by atoms with Crippen LogP contribution in [-0.2, 0) is 23.7 Å². The second-order valence-electron chi connectivity index (χ2n) is 8.91. The van der Waals surface area contributed by atoms with Crippen LogP contribution in [0.15, 0.2) is 91.0 Å². The minimum Gasteiger partial charge on any atom is -0.459 e. The van der Waals surface area contributed by atoms with Crippen LogP contribution < -0.4 is 0 Å². The summed E-state index contributed by atoms with van der Waals surface area (Å²) in [6.07, 6.45) is -8.17. The molecule has 0 aromatic heterocycles. The van der Waals surface area contributed by atoms with Gasteiger partial charge in [-0.2, -0.15) is 0 Å². The first-order valence-corrected chi connectivity index (χ1v) is 13.6. The van der Waals surface area contributed by atoms with Crippen molar-refractivity contribution in [2.45, 2.75) is 34.5 Å². The van der Waals surface area contributed by atoms with Crippen LogP contribution in [0.4, 0.5) is 0 Å². The molecule has 0 amide bonds. The van der Waals surface area contributed by atoms with Gasteiger partial charge in [-0.1, -0.05) is 89.4 Å².